The lowest BCUT2D eigenvalue weighted by Crippen LogP contribution is -2.49. The van der Waals surface area contributed by atoms with Crippen molar-refractivity contribution in [2.24, 2.45) is 5.92 Å². The Balaban J connectivity index is 1.58. The van der Waals surface area contributed by atoms with Gasteiger partial charge in [-0.25, -0.2) is 12.8 Å². The molecule has 1 aliphatic heterocycles. The first-order valence-electron chi connectivity index (χ1n) is 10.7. The highest BCUT2D eigenvalue weighted by atomic mass is 32.2. The summed E-state index contributed by atoms with van der Waals surface area (Å²) in [6, 6.07) is 12.0. The van der Waals surface area contributed by atoms with Crippen LogP contribution in [0.25, 0.3) is 0 Å². The molecule has 32 heavy (non-hydrogen) atoms. The number of carbonyl (C=O) groups is 1. The van der Waals surface area contributed by atoms with Crippen LogP contribution in [0.15, 0.2) is 53.4 Å². The third kappa shape index (κ3) is 6.59. The Hall–Kier alpha value is -2.33. The predicted molar refractivity (Wildman–Crippen MR) is 120 cm³/mol. The third-order valence-corrected chi connectivity index (χ3v) is 6.83. The maximum atomic E-state index is 14.0. The molecule has 0 aliphatic carbocycles. The molecule has 0 aromatic heterocycles. The van der Waals surface area contributed by atoms with E-state index in [-0.39, 0.29) is 12.5 Å². The Labute approximate surface area is 189 Å². The molecular formula is C23H30FN3O4S. The molecule has 1 atom stereocenters. The van der Waals surface area contributed by atoms with Gasteiger partial charge in [0.25, 0.3) is 0 Å². The second-order valence-corrected chi connectivity index (χ2v) is 9.88. The van der Waals surface area contributed by atoms with Gasteiger partial charge in [-0.2, -0.15) is 4.72 Å². The topological polar surface area (TPSA) is 87.7 Å². The van der Waals surface area contributed by atoms with Crippen LogP contribution in [0.3, 0.4) is 0 Å². The summed E-state index contributed by atoms with van der Waals surface area (Å²) in [5.74, 6) is -1.65. The molecule has 1 heterocycles. The van der Waals surface area contributed by atoms with Crippen LogP contribution in [0.4, 0.5) is 4.39 Å². The molecule has 0 bridgehead atoms. The number of hydrogen-bond acceptors (Lipinski definition) is 5. The molecule has 0 saturated carbocycles. The highest BCUT2D eigenvalue weighted by Gasteiger charge is 2.29. The summed E-state index contributed by atoms with van der Waals surface area (Å²) in [6.45, 7) is 7.91. The molecule has 2 aromatic carbocycles. The average Bonchev–Trinajstić information content (AvgIpc) is 2.77. The van der Waals surface area contributed by atoms with E-state index in [1.165, 1.54) is 23.8 Å². The van der Waals surface area contributed by atoms with Crippen molar-refractivity contribution in [2.45, 2.75) is 37.9 Å². The summed E-state index contributed by atoms with van der Waals surface area (Å²) in [5.41, 5.74) is 2.09. The molecule has 0 unspecified atom stereocenters. The molecule has 0 spiro atoms. The molecule has 1 amide bonds. The van der Waals surface area contributed by atoms with Crippen molar-refractivity contribution >= 4 is 15.9 Å². The van der Waals surface area contributed by atoms with Crippen LogP contribution in [-0.4, -0.2) is 51.6 Å². The fourth-order valence-electron chi connectivity index (χ4n) is 3.46. The van der Waals surface area contributed by atoms with E-state index in [1.54, 1.807) is 13.8 Å². The summed E-state index contributed by atoms with van der Waals surface area (Å²) in [4.78, 5) is 14.6. The maximum absolute atomic E-state index is 14.0. The van der Waals surface area contributed by atoms with Gasteiger partial charge in [-0.3, -0.25) is 9.69 Å². The standard InChI is InChI=1S/C23H30FN3O4S/c1-17(2)22(26-32(29,30)21-6-4-3-5-20(21)24)23(28)25-15-18-7-9-19(10-8-18)16-27-11-13-31-14-12-27/h3-10,17,22,26H,11-16H2,1-2H3,(H,25,28)/t22-/m0/s1. The van der Waals surface area contributed by atoms with Crippen molar-refractivity contribution in [3.8, 4) is 0 Å². The minimum absolute atomic E-state index is 0.265. The number of benzene rings is 2. The van der Waals surface area contributed by atoms with Gasteiger partial charge in [-0.05, 0) is 29.2 Å². The molecular weight excluding hydrogens is 433 g/mol. The fourth-order valence-corrected chi connectivity index (χ4v) is 4.89. The number of halogens is 1. The minimum atomic E-state index is -4.18. The maximum Gasteiger partial charge on any atom is 0.244 e. The van der Waals surface area contributed by atoms with Gasteiger partial charge in [0.05, 0.1) is 13.2 Å². The van der Waals surface area contributed by atoms with E-state index in [1.807, 2.05) is 24.3 Å². The van der Waals surface area contributed by atoms with Crippen molar-refractivity contribution in [3.63, 3.8) is 0 Å². The lowest BCUT2D eigenvalue weighted by molar-refractivity contribution is -0.123. The van der Waals surface area contributed by atoms with Gasteiger partial charge >= 0.3 is 0 Å². The molecule has 2 aromatic rings. The van der Waals surface area contributed by atoms with Crippen LogP contribution in [0.5, 0.6) is 0 Å². The summed E-state index contributed by atoms with van der Waals surface area (Å²) in [5, 5.41) is 2.78. The number of rotatable bonds is 9. The minimum Gasteiger partial charge on any atom is -0.379 e. The van der Waals surface area contributed by atoms with Crippen LogP contribution in [0.1, 0.15) is 25.0 Å². The summed E-state index contributed by atoms with van der Waals surface area (Å²) >= 11 is 0. The molecule has 0 radical (unpaired) electrons. The van der Waals surface area contributed by atoms with E-state index in [2.05, 4.69) is 14.9 Å². The lowest BCUT2D eigenvalue weighted by Gasteiger charge is -2.26. The number of sulfonamides is 1. The smallest absolute Gasteiger partial charge is 0.244 e. The lowest BCUT2D eigenvalue weighted by atomic mass is 10.0. The molecule has 7 nitrogen and oxygen atoms in total. The quantitative estimate of drug-likeness (QED) is 0.596. The van der Waals surface area contributed by atoms with Crippen LogP contribution < -0.4 is 10.0 Å². The van der Waals surface area contributed by atoms with E-state index >= 15 is 0 Å². The van der Waals surface area contributed by atoms with Gasteiger partial charge in [0, 0.05) is 26.2 Å². The molecule has 174 valence electrons. The van der Waals surface area contributed by atoms with Gasteiger partial charge < -0.3 is 10.1 Å². The second kappa shape index (κ2) is 11.0. The van der Waals surface area contributed by atoms with Crippen molar-refractivity contribution in [1.82, 2.24) is 14.9 Å². The van der Waals surface area contributed by atoms with Crippen LogP contribution >= 0.6 is 0 Å². The Morgan fingerprint density at radius 3 is 2.31 bits per heavy atom. The number of nitrogens with one attached hydrogen (secondary N) is 2. The Morgan fingerprint density at radius 1 is 1.06 bits per heavy atom. The number of carbonyl (C=O) groups excluding carboxylic acids is 1. The van der Waals surface area contributed by atoms with Crippen molar-refractivity contribution < 1.29 is 22.3 Å². The first-order valence-corrected chi connectivity index (χ1v) is 12.2. The number of morpholine rings is 1. The Bertz CT molecular complexity index is 1010. The van der Waals surface area contributed by atoms with Crippen LogP contribution in [0.2, 0.25) is 0 Å². The van der Waals surface area contributed by atoms with E-state index in [9.17, 15) is 17.6 Å². The van der Waals surface area contributed by atoms with Gasteiger partial charge in [-0.1, -0.05) is 50.2 Å². The van der Waals surface area contributed by atoms with E-state index in [4.69, 9.17) is 4.74 Å². The first-order chi connectivity index (χ1) is 15.3. The largest absolute Gasteiger partial charge is 0.379 e. The highest BCUT2D eigenvalue weighted by Crippen LogP contribution is 2.16. The Morgan fingerprint density at radius 2 is 1.69 bits per heavy atom. The van der Waals surface area contributed by atoms with E-state index in [0.29, 0.717) is 0 Å². The van der Waals surface area contributed by atoms with Gasteiger partial charge in [-0.15, -0.1) is 0 Å². The normalized spacial score (nSPS) is 16.1. The van der Waals surface area contributed by atoms with Gasteiger partial charge in [0.2, 0.25) is 15.9 Å². The molecule has 1 aliphatic rings. The van der Waals surface area contributed by atoms with E-state index in [0.717, 1.165) is 44.5 Å². The number of hydrogen-bond donors (Lipinski definition) is 2. The zero-order valence-corrected chi connectivity index (χ0v) is 19.2. The second-order valence-electron chi connectivity index (χ2n) is 8.20. The summed E-state index contributed by atoms with van der Waals surface area (Å²) in [7, 11) is -4.18. The van der Waals surface area contributed by atoms with Crippen molar-refractivity contribution in [1.29, 1.82) is 0 Å². The highest BCUT2D eigenvalue weighted by molar-refractivity contribution is 7.89. The molecule has 1 fully saturated rings. The van der Waals surface area contributed by atoms with Gasteiger partial charge in [0.15, 0.2) is 0 Å². The third-order valence-electron chi connectivity index (χ3n) is 5.36. The summed E-state index contributed by atoms with van der Waals surface area (Å²) in [6.07, 6.45) is 0. The molecule has 9 heteroatoms. The first kappa shape index (κ1) is 24.3. The van der Waals surface area contributed by atoms with Gasteiger partial charge in [0.1, 0.15) is 16.8 Å². The van der Waals surface area contributed by atoms with Crippen molar-refractivity contribution in [2.75, 3.05) is 26.3 Å². The average molecular weight is 464 g/mol. The fraction of sp³-hybridized carbons (Fsp3) is 0.435. The van der Waals surface area contributed by atoms with Crippen LogP contribution in [-0.2, 0) is 32.6 Å². The zero-order chi connectivity index (χ0) is 23.1. The molecule has 2 N–H and O–H groups in total. The van der Waals surface area contributed by atoms with E-state index < -0.39 is 32.7 Å². The number of amides is 1. The zero-order valence-electron chi connectivity index (χ0n) is 18.4. The summed E-state index contributed by atoms with van der Waals surface area (Å²) < 4.78 is 46.9. The molecule has 3 rings (SSSR count). The van der Waals surface area contributed by atoms with Crippen molar-refractivity contribution in [3.05, 3.63) is 65.5 Å². The number of ether oxygens (including phenoxy) is 1. The molecule has 1 saturated heterocycles. The monoisotopic (exact) mass is 463 g/mol. The SMILES string of the molecule is CC(C)[C@H](NS(=O)(=O)c1ccccc1F)C(=O)NCc1ccc(CN2CCOCC2)cc1. The van der Waals surface area contributed by atoms with Crippen LogP contribution in [0, 0.1) is 11.7 Å². The Kier molecular flexibility index (Phi) is 8.36. The number of nitrogens with zero attached hydrogens (tertiary/aromatic N) is 1. The predicted octanol–water partition coefficient (Wildman–Crippen LogP) is 2.28.